The molecule has 0 radical (unpaired) electrons. The molecule has 0 saturated carbocycles. The van der Waals surface area contributed by atoms with Gasteiger partial charge in [-0.2, -0.15) is 0 Å². The summed E-state index contributed by atoms with van der Waals surface area (Å²) in [7, 11) is 1.77. The number of methoxy groups -OCH3 is 1. The van der Waals surface area contributed by atoms with Crippen LogP contribution in [0.3, 0.4) is 0 Å². The minimum absolute atomic E-state index is 0.399. The van der Waals surface area contributed by atoms with Crippen molar-refractivity contribution >= 4 is 0 Å². The third-order valence-electron chi connectivity index (χ3n) is 2.15. The summed E-state index contributed by atoms with van der Waals surface area (Å²) in [5, 5.41) is 0. The van der Waals surface area contributed by atoms with E-state index in [4.69, 9.17) is 4.74 Å². The van der Waals surface area contributed by atoms with Crippen LogP contribution in [0, 0.1) is 0 Å². The van der Waals surface area contributed by atoms with Crippen molar-refractivity contribution in [3.05, 3.63) is 0 Å². The number of ether oxygens (including phenoxy) is 1. The van der Waals surface area contributed by atoms with Crippen LogP contribution in [0.4, 0.5) is 0 Å². The Morgan fingerprint density at radius 2 is 1.82 bits per heavy atom. The molecule has 0 amide bonds. The number of nitrogens with zero attached hydrogens (tertiary/aromatic N) is 1. The van der Waals surface area contributed by atoms with E-state index in [1.165, 1.54) is 0 Å². The van der Waals surface area contributed by atoms with Crippen LogP contribution in [0.15, 0.2) is 0 Å². The summed E-state index contributed by atoms with van der Waals surface area (Å²) < 4.78 is 5.16. The van der Waals surface area contributed by atoms with Crippen molar-refractivity contribution in [2.24, 2.45) is 0 Å². The van der Waals surface area contributed by atoms with Gasteiger partial charge in [-0.05, 0) is 26.4 Å². The van der Waals surface area contributed by atoms with Crippen LogP contribution in [0.1, 0.15) is 27.2 Å². The van der Waals surface area contributed by atoms with Gasteiger partial charge >= 0.3 is 0 Å². The van der Waals surface area contributed by atoms with Crippen LogP contribution in [-0.4, -0.2) is 37.7 Å². The first-order valence-electron chi connectivity index (χ1n) is 4.49. The predicted octanol–water partition coefficient (Wildman–Crippen LogP) is 1.75. The largest absolute Gasteiger partial charge is 0.382 e. The monoisotopic (exact) mass is 159 g/mol. The average molecular weight is 159 g/mol. The highest BCUT2D eigenvalue weighted by Crippen LogP contribution is 1.97. The number of rotatable bonds is 6. The zero-order valence-electron chi connectivity index (χ0n) is 8.26. The molecule has 0 aliphatic rings. The zero-order valence-corrected chi connectivity index (χ0v) is 8.26. The quantitative estimate of drug-likeness (QED) is 0.585. The molecule has 11 heavy (non-hydrogen) atoms. The molecular weight excluding hydrogens is 138 g/mol. The highest BCUT2D eigenvalue weighted by molar-refractivity contribution is 4.56. The fourth-order valence-electron chi connectivity index (χ4n) is 1.02. The molecule has 0 aromatic rings. The summed E-state index contributed by atoms with van der Waals surface area (Å²) in [5.41, 5.74) is 0. The van der Waals surface area contributed by atoms with Gasteiger partial charge in [0.25, 0.3) is 0 Å². The molecule has 0 bridgehead atoms. The molecule has 1 unspecified atom stereocenters. The number of hydrogen-bond acceptors (Lipinski definition) is 2. The van der Waals surface area contributed by atoms with Crippen molar-refractivity contribution < 1.29 is 4.74 Å². The van der Waals surface area contributed by atoms with Crippen LogP contribution in [0.5, 0.6) is 0 Å². The molecule has 0 rings (SSSR count). The van der Waals surface area contributed by atoms with Gasteiger partial charge in [-0.15, -0.1) is 0 Å². The Balaban J connectivity index is 3.34. The fraction of sp³-hybridized carbons (Fsp3) is 1.00. The normalized spacial score (nSPS) is 13.9. The lowest BCUT2D eigenvalue weighted by atomic mass is 10.2. The van der Waals surface area contributed by atoms with E-state index in [0.717, 1.165) is 26.1 Å². The van der Waals surface area contributed by atoms with Crippen LogP contribution >= 0.6 is 0 Å². The standard InChI is InChI=1S/C9H21NO/c1-5-10(6-2)8-7-9(3)11-4/h9H,5-8H2,1-4H3. The van der Waals surface area contributed by atoms with E-state index in [9.17, 15) is 0 Å². The molecule has 0 saturated heterocycles. The Morgan fingerprint density at radius 3 is 2.18 bits per heavy atom. The molecule has 0 heterocycles. The van der Waals surface area contributed by atoms with Crippen LogP contribution in [-0.2, 0) is 4.74 Å². The van der Waals surface area contributed by atoms with Gasteiger partial charge in [0.05, 0.1) is 6.10 Å². The first kappa shape index (κ1) is 10.9. The number of hydrogen-bond donors (Lipinski definition) is 0. The first-order chi connectivity index (χ1) is 5.24. The molecule has 0 aliphatic carbocycles. The molecule has 0 aromatic heterocycles. The van der Waals surface area contributed by atoms with Crippen molar-refractivity contribution in [1.82, 2.24) is 4.90 Å². The van der Waals surface area contributed by atoms with Gasteiger partial charge in [-0.25, -0.2) is 0 Å². The highest BCUT2D eigenvalue weighted by Gasteiger charge is 2.02. The molecule has 1 atom stereocenters. The van der Waals surface area contributed by atoms with E-state index in [1.54, 1.807) is 7.11 Å². The summed E-state index contributed by atoms with van der Waals surface area (Å²) >= 11 is 0. The molecule has 0 aromatic carbocycles. The second-order valence-corrected chi connectivity index (χ2v) is 2.86. The fourth-order valence-corrected chi connectivity index (χ4v) is 1.02. The molecule has 0 N–H and O–H groups in total. The predicted molar refractivity (Wildman–Crippen MR) is 48.9 cm³/mol. The summed E-state index contributed by atoms with van der Waals surface area (Å²) in [4.78, 5) is 2.41. The van der Waals surface area contributed by atoms with E-state index in [2.05, 4.69) is 25.7 Å². The summed E-state index contributed by atoms with van der Waals surface area (Å²) in [6.07, 6.45) is 1.54. The molecular formula is C9H21NO. The highest BCUT2D eigenvalue weighted by atomic mass is 16.5. The summed E-state index contributed by atoms with van der Waals surface area (Å²) in [6.45, 7) is 9.95. The lowest BCUT2D eigenvalue weighted by Gasteiger charge is -2.19. The van der Waals surface area contributed by atoms with Crippen LogP contribution < -0.4 is 0 Å². The van der Waals surface area contributed by atoms with Gasteiger partial charge < -0.3 is 9.64 Å². The first-order valence-corrected chi connectivity index (χ1v) is 4.49. The van der Waals surface area contributed by atoms with Crippen LogP contribution in [0.2, 0.25) is 0 Å². The van der Waals surface area contributed by atoms with Gasteiger partial charge in [-0.1, -0.05) is 13.8 Å². The van der Waals surface area contributed by atoms with Gasteiger partial charge in [0.2, 0.25) is 0 Å². The molecule has 2 nitrogen and oxygen atoms in total. The minimum atomic E-state index is 0.399. The SMILES string of the molecule is CCN(CC)CCC(C)OC. The lowest BCUT2D eigenvalue weighted by Crippen LogP contribution is -2.26. The second kappa shape index (κ2) is 6.62. The van der Waals surface area contributed by atoms with Gasteiger partial charge in [-0.3, -0.25) is 0 Å². The van der Waals surface area contributed by atoms with Crippen molar-refractivity contribution in [2.45, 2.75) is 33.3 Å². The van der Waals surface area contributed by atoms with Crippen molar-refractivity contribution in [3.8, 4) is 0 Å². The summed E-state index contributed by atoms with van der Waals surface area (Å²) in [5.74, 6) is 0. The zero-order chi connectivity index (χ0) is 8.69. The Labute approximate surface area is 70.5 Å². The Bertz CT molecular complexity index is 81.6. The maximum atomic E-state index is 5.16. The van der Waals surface area contributed by atoms with Crippen LogP contribution in [0.25, 0.3) is 0 Å². The molecule has 68 valence electrons. The Kier molecular flexibility index (Phi) is 6.57. The minimum Gasteiger partial charge on any atom is -0.382 e. The Hall–Kier alpha value is -0.0800. The van der Waals surface area contributed by atoms with E-state index in [0.29, 0.717) is 6.10 Å². The van der Waals surface area contributed by atoms with Crippen molar-refractivity contribution in [2.75, 3.05) is 26.7 Å². The van der Waals surface area contributed by atoms with Crippen molar-refractivity contribution in [1.29, 1.82) is 0 Å². The smallest absolute Gasteiger partial charge is 0.0555 e. The van der Waals surface area contributed by atoms with Gasteiger partial charge in [0, 0.05) is 13.7 Å². The van der Waals surface area contributed by atoms with Gasteiger partial charge in [0.15, 0.2) is 0 Å². The molecule has 0 fully saturated rings. The third-order valence-corrected chi connectivity index (χ3v) is 2.15. The molecule has 0 aliphatic heterocycles. The van der Waals surface area contributed by atoms with E-state index >= 15 is 0 Å². The second-order valence-electron chi connectivity index (χ2n) is 2.86. The van der Waals surface area contributed by atoms with E-state index < -0.39 is 0 Å². The topological polar surface area (TPSA) is 12.5 Å². The maximum absolute atomic E-state index is 5.16. The molecule has 2 heteroatoms. The lowest BCUT2D eigenvalue weighted by molar-refractivity contribution is 0.0988. The average Bonchev–Trinajstić information content (AvgIpc) is 2.06. The maximum Gasteiger partial charge on any atom is 0.0555 e. The Morgan fingerprint density at radius 1 is 1.27 bits per heavy atom. The molecule has 0 spiro atoms. The van der Waals surface area contributed by atoms with Crippen molar-refractivity contribution in [3.63, 3.8) is 0 Å². The van der Waals surface area contributed by atoms with E-state index in [-0.39, 0.29) is 0 Å². The van der Waals surface area contributed by atoms with E-state index in [1.807, 2.05) is 0 Å². The third kappa shape index (κ3) is 5.22. The van der Waals surface area contributed by atoms with Gasteiger partial charge in [0.1, 0.15) is 0 Å². The summed E-state index contributed by atoms with van der Waals surface area (Å²) in [6, 6.07) is 0.